The Bertz CT molecular complexity index is 609. The van der Waals surface area contributed by atoms with Gasteiger partial charge in [0.05, 0.1) is 11.5 Å². The SMILES string of the molecule is Cc1cc(N)c(C)c(S(=O)(=O)NC(C)C2CCOC2)c1C. The second-order valence-corrected chi connectivity index (χ2v) is 7.55. The highest BCUT2D eigenvalue weighted by Gasteiger charge is 2.29. The van der Waals surface area contributed by atoms with Gasteiger partial charge in [0.15, 0.2) is 0 Å². The summed E-state index contributed by atoms with van der Waals surface area (Å²) in [6, 6.07) is 1.66. The van der Waals surface area contributed by atoms with E-state index in [9.17, 15) is 8.42 Å². The van der Waals surface area contributed by atoms with Gasteiger partial charge in [-0.05, 0) is 56.9 Å². The molecule has 1 heterocycles. The van der Waals surface area contributed by atoms with Crippen molar-refractivity contribution in [2.45, 2.75) is 45.1 Å². The van der Waals surface area contributed by atoms with E-state index in [4.69, 9.17) is 10.5 Å². The van der Waals surface area contributed by atoms with Crippen molar-refractivity contribution in [3.8, 4) is 0 Å². The van der Waals surface area contributed by atoms with Crippen molar-refractivity contribution >= 4 is 15.7 Å². The van der Waals surface area contributed by atoms with Crippen LogP contribution in [0.4, 0.5) is 5.69 Å². The van der Waals surface area contributed by atoms with Gasteiger partial charge in [-0.2, -0.15) is 0 Å². The largest absolute Gasteiger partial charge is 0.398 e. The van der Waals surface area contributed by atoms with Gasteiger partial charge >= 0.3 is 0 Å². The van der Waals surface area contributed by atoms with Crippen LogP contribution >= 0.6 is 0 Å². The Morgan fingerprint density at radius 2 is 2.00 bits per heavy atom. The molecule has 0 bridgehead atoms. The molecule has 1 aliphatic rings. The minimum Gasteiger partial charge on any atom is -0.398 e. The maximum atomic E-state index is 12.7. The number of sulfonamides is 1. The molecule has 2 unspecified atom stereocenters. The van der Waals surface area contributed by atoms with Crippen molar-refractivity contribution in [1.82, 2.24) is 4.72 Å². The first kappa shape index (κ1) is 16.3. The minimum absolute atomic E-state index is 0.155. The molecule has 1 aromatic carbocycles. The molecule has 118 valence electrons. The topological polar surface area (TPSA) is 81.4 Å². The average Bonchev–Trinajstić information content (AvgIpc) is 2.89. The predicted octanol–water partition coefficient (Wildman–Crippen LogP) is 1.90. The first-order chi connectivity index (χ1) is 9.74. The maximum Gasteiger partial charge on any atom is 0.241 e. The summed E-state index contributed by atoms with van der Waals surface area (Å²) in [5.74, 6) is 0.225. The third kappa shape index (κ3) is 3.22. The second kappa shape index (κ2) is 5.94. The van der Waals surface area contributed by atoms with E-state index >= 15 is 0 Å². The van der Waals surface area contributed by atoms with Crippen LogP contribution in [0.2, 0.25) is 0 Å². The van der Waals surface area contributed by atoms with E-state index in [1.54, 1.807) is 6.92 Å². The second-order valence-electron chi connectivity index (χ2n) is 5.90. The predicted molar refractivity (Wildman–Crippen MR) is 83.8 cm³/mol. The lowest BCUT2D eigenvalue weighted by Gasteiger charge is -2.22. The molecule has 3 N–H and O–H groups in total. The lowest BCUT2D eigenvalue weighted by molar-refractivity contribution is 0.180. The van der Waals surface area contributed by atoms with E-state index in [2.05, 4.69) is 4.72 Å². The van der Waals surface area contributed by atoms with Crippen LogP contribution in [0.5, 0.6) is 0 Å². The molecule has 6 heteroatoms. The number of benzene rings is 1. The maximum absolute atomic E-state index is 12.7. The lowest BCUT2D eigenvalue weighted by atomic mass is 10.0. The van der Waals surface area contributed by atoms with Crippen LogP contribution in [-0.4, -0.2) is 27.7 Å². The van der Waals surface area contributed by atoms with Crippen molar-refractivity contribution in [3.05, 3.63) is 22.8 Å². The summed E-state index contributed by atoms with van der Waals surface area (Å²) in [5.41, 5.74) is 8.69. The van der Waals surface area contributed by atoms with Crippen LogP contribution in [0.25, 0.3) is 0 Å². The fourth-order valence-electron chi connectivity index (χ4n) is 2.79. The third-order valence-corrected chi connectivity index (χ3v) is 6.19. The molecule has 2 atom stereocenters. The molecular formula is C15H24N2O3S. The molecule has 0 aromatic heterocycles. The molecule has 1 saturated heterocycles. The first-order valence-corrected chi connectivity index (χ1v) is 8.68. The zero-order chi connectivity index (χ0) is 15.8. The number of nitrogens with two attached hydrogens (primary N) is 1. The van der Waals surface area contributed by atoms with Gasteiger partial charge in [0.2, 0.25) is 10.0 Å². The van der Waals surface area contributed by atoms with Gasteiger partial charge < -0.3 is 10.5 Å². The number of hydrogen-bond donors (Lipinski definition) is 2. The van der Waals surface area contributed by atoms with E-state index in [0.717, 1.165) is 17.5 Å². The molecule has 21 heavy (non-hydrogen) atoms. The third-order valence-electron chi connectivity index (χ3n) is 4.36. The quantitative estimate of drug-likeness (QED) is 0.832. The monoisotopic (exact) mass is 312 g/mol. The van der Waals surface area contributed by atoms with Crippen molar-refractivity contribution < 1.29 is 13.2 Å². The fourth-order valence-corrected chi connectivity index (χ4v) is 4.68. The first-order valence-electron chi connectivity index (χ1n) is 7.20. The van der Waals surface area contributed by atoms with E-state index in [1.165, 1.54) is 0 Å². The molecule has 0 radical (unpaired) electrons. The van der Waals surface area contributed by atoms with E-state index in [1.807, 2.05) is 26.8 Å². The van der Waals surface area contributed by atoms with Gasteiger partial charge in [-0.15, -0.1) is 0 Å². The molecule has 1 aliphatic heterocycles. The van der Waals surface area contributed by atoms with Crippen LogP contribution in [0, 0.1) is 26.7 Å². The van der Waals surface area contributed by atoms with Crippen LogP contribution in [-0.2, 0) is 14.8 Å². The molecule has 0 amide bonds. The number of anilines is 1. The normalized spacial score (nSPS) is 20.7. The summed E-state index contributed by atoms with van der Waals surface area (Å²) < 4.78 is 33.6. The lowest BCUT2D eigenvalue weighted by Crippen LogP contribution is -2.39. The smallest absolute Gasteiger partial charge is 0.241 e. The van der Waals surface area contributed by atoms with E-state index < -0.39 is 10.0 Å². The number of ether oxygens (including phenoxy) is 1. The van der Waals surface area contributed by atoms with Crippen molar-refractivity contribution in [1.29, 1.82) is 0 Å². The molecular weight excluding hydrogens is 288 g/mol. The summed E-state index contributed by atoms with van der Waals surface area (Å²) in [7, 11) is -3.59. The van der Waals surface area contributed by atoms with Crippen molar-refractivity contribution in [3.63, 3.8) is 0 Å². The average molecular weight is 312 g/mol. The number of aryl methyl sites for hydroxylation is 1. The van der Waals surface area contributed by atoms with Gasteiger partial charge in [0.25, 0.3) is 0 Å². The molecule has 0 spiro atoms. The summed E-state index contributed by atoms with van der Waals surface area (Å²) in [4.78, 5) is 0.311. The van der Waals surface area contributed by atoms with Gasteiger partial charge in [-0.3, -0.25) is 0 Å². The van der Waals surface area contributed by atoms with Gasteiger partial charge in [0.1, 0.15) is 0 Å². The highest BCUT2D eigenvalue weighted by atomic mass is 32.2. The Balaban J connectivity index is 2.35. The van der Waals surface area contributed by atoms with E-state index in [0.29, 0.717) is 29.4 Å². The Labute approximate surface area is 126 Å². The summed E-state index contributed by atoms with van der Waals surface area (Å²) in [5, 5.41) is 0. The molecule has 2 rings (SSSR count). The molecule has 1 fully saturated rings. The van der Waals surface area contributed by atoms with Gasteiger partial charge in [-0.1, -0.05) is 0 Å². The summed E-state index contributed by atoms with van der Waals surface area (Å²) in [6.45, 7) is 8.64. The summed E-state index contributed by atoms with van der Waals surface area (Å²) >= 11 is 0. The van der Waals surface area contributed by atoms with Crippen molar-refractivity contribution in [2.75, 3.05) is 18.9 Å². The fraction of sp³-hybridized carbons (Fsp3) is 0.600. The van der Waals surface area contributed by atoms with Gasteiger partial charge in [0, 0.05) is 24.3 Å². The van der Waals surface area contributed by atoms with Crippen LogP contribution in [0.15, 0.2) is 11.0 Å². The van der Waals surface area contributed by atoms with Crippen LogP contribution < -0.4 is 10.5 Å². The summed E-state index contributed by atoms with van der Waals surface area (Å²) in [6.07, 6.45) is 0.887. The molecule has 1 aromatic rings. The molecule has 0 aliphatic carbocycles. The standard InChI is InChI=1S/C15H24N2O3S/c1-9-7-14(16)11(3)15(10(9)2)21(18,19)17-12(4)13-5-6-20-8-13/h7,12-13,17H,5-6,8,16H2,1-4H3. The molecule has 5 nitrogen and oxygen atoms in total. The Morgan fingerprint density at radius 3 is 2.57 bits per heavy atom. The zero-order valence-corrected chi connectivity index (χ0v) is 13.9. The number of nitrogen functional groups attached to an aromatic ring is 1. The van der Waals surface area contributed by atoms with Crippen LogP contribution in [0.1, 0.15) is 30.0 Å². The van der Waals surface area contributed by atoms with Gasteiger partial charge in [-0.25, -0.2) is 13.1 Å². The Kier molecular flexibility index (Phi) is 4.60. The number of nitrogens with one attached hydrogen (secondary N) is 1. The van der Waals surface area contributed by atoms with Crippen LogP contribution in [0.3, 0.4) is 0 Å². The Morgan fingerprint density at radius 1 is 1.33 bits per heavy atom. The van der Waals surface area contributed by atoms with E-state index in [-0.39, 0.29) is 12.0 Å². The Hall–Kier alpha value is -1.11. The number of hydrogen-bond acceptors (Lipinski definition) is 4. The minimum atomic E-state index is -3.59. The number of rotatable bonds is 4. The highest BCUT2D eigenvalue weighted by molar-refractivity contribution is 7.89. The van der Waals surface area contributed by atoms with Crippen molar-refractivity contribution in [2.24, 2.45) is 5.92 Å². The molecule has 0 saturated carbocycles. The highest BCUT2D eigenvalue weighted by Crippen LogP contribution is 2.28. The zero-order valence-electron chi connectivity index (χ0n) is 13.1.